The van der Waals surface area contributed by atoms with Gasteiger partial charge in [-0.05, 0) is 55.5 Å². The molecule has 0 spiro atoms. The Hall–Kier alpha value is -2.30. The molecular weight excluding hydrogens is 340 g/mol. The zero-order valence-electron chi connectivity index (χ0n) is 13.3. The molecule has 0 unspecified atom stereocenters. The van der Waals surface area contributed by atoms with Gasteiger partial charge >= 0.3 is 0 Å². The number of aryl methyl sites for hydroxylation is 1. The Morgan fingerprint density at radius 1 is 1.08 bits per heavy atom. The maximum absolute atomic E-state index is 6.08. The van der Waals surface area contributed by atoms with E-state index in [1.165, 1.54) is 0 Å². The Labute approximate surface area is 148 Å². The van der Waals surface area contributed by atoms with Crippen LogP contribution in [0.4, 0.5) is 0 Å². The van der Waals surface area contributed by atoms with E-state index in [0.29, 0.717) is 0 Å². The maximum atomic E-state index is 6.08. The van der Waals surface area contributed by atoms with E-state index in [9.17, 15) is 0 Å². The molecule has 0 aliphatic heterocycles. The number of H-pyrrole nitrogens is 1. The number of methoxy groups -OCH3 is 1. The normalized spacial score (nSPS) is 11.1. The van der Waals surface area contributed by atoms with Gasteiger partial charge in [-0.1, -0.05) is 11.6 Å². The fraction of sp³-hybridized carbons (Fsp3) is 0.105. The second kappa shape index (κ2) is 5.96. The number of nitrogens with one attached hydrogen (secondary N) is 1. The van der Waals surface area contributed by atoms with Crippen LogP contribution in [0.15, 0.2) is 48.5 Å². The number of halogens is 1. The van der Waals surface area contributed by atoms with Crippen molar-refractivity contribution in [3.8, 4) is 26.9 Å². The lowest BCUT2D eigenvalue weighted by molar-refractivity contribution is 0.415. The average Bonchev–Trinajstić information content (AvgIpc) is 3.17. The molecule has 5 heteroatoms. The van der Waals surface area contributed by atoms with Crippen LogP contribution in [0.3, 0.4) is 0 Å². The van der Waals surface area contributed by atoms with Crippen LogP contribution in [0.25, 0.3) is 32.0 Å². The van der Waals surface area contributed by atoms with E-state index in [4.69, 9.17) is 21.3 Å². The van der Waals surface area contributed by atoms with Gasteiger partial charge in [-0.15, -0.1) is 11.3 Å². The van der Waals surface area contributed by atoms with Crippen LogP contribution in [-0.2, 0) is 0 Å². The minimum atomic E-state index is 0.744. The summed E-state index contributed by atoms with van der Waals surface area (Å²) in [6.45, 7) is 2.04. The third-order valence-corrected chi connectivity index (χ3v) is 5.44. The highest BCUT2D eigenvalue weighted by Gasteiger charge is 2.13. The topological polar surface area (TPSA) is 37.9 Å². The van der Waals surface area contributed by atoms with E-state index in [2.05, 4.69) is 11.1 Å². The summed E-state index contributed by atoms with van der Waals surface area (Å²) in [6.07, 6.45) is 0. The summed E-state index contributed by atoms with van der Waals surface area (Å²) in [5.74, 6) is 0.847. The molecule has 2 aromatic carbocycles. The number of thiazole rings is 1. The molecule has 2 aromatic heterocycles. The van der Waals surface area contributed by atoms with E-state index in [-0.39, 0.29) is 0 Å². The van der Waals surface area contributed by atoms with E-state index in [0.717, 1.165) is 48.5 Å². The van der Waals surface area contributed by atoms with Gasteiger partial charge in [-0.25, -0.2) is 4.98 Å². The number of aromatic amines is 1. The van der Waals surface area contributed by atoms with Crippen LogP contribution in [0.2, 0.25) is 5.02 Å². The van der Waals surface area contributed by atoms with Crippen molar-refractivity contribution >= 4 is 33.8 Å². The second-order valence-corrected chi connectivity index (χ2v) is 7.01. The van der Waals surface area contributed by atoms with E-state index in [1.54, 1.807) is 18.4 Å². The van der Waals surface area contributed by atoms with Gasteiger partial charge in [0.1, 0.15) is 10.8 Å². The molecule has 0 bridgehead atoms. The number of hydrogen-bond donors (Lipinski definition) is 1. The molecule has 0 saturated carbocycles. The Bertz CT molecular complexity index is 1020. The van der Waals surface area contributed by atoms with Crippen LogP contribution < -0.4 is 4.74 Å². The molecule has 4 rings (SSSR count). The minimum Gasteiger partial charge on any atom is -0.497 e. The van der Waals surface area contributed by atoms with Crippen LogP contribution >= 0.6 is 22.9 Å². The lowest BCUT2D eigenvalue weighted by atomic mass is 10.2. The number of hydrogen-bond acceptors (Lipinski definition) is 3. The molecule has 3 nitrogen and oxygen atoms in total. The smallest absolute Gasteiger partial charge is 0.124 e. The Kier molecular flexibility index (Phi) is 3.79. The highest BCUT2D eigenvalue weighted by molar-refractivity contribution is 7.18. The number of nitrogens with zero attached hydrogens (tertiary/aromatic N) is 1. The summed E-state index contributed by atoms with van der Waals surface area (Å²) < 4.78 is 5.21. The van der Waals surface area contributed by atoms with Crippen molar-refractivity contribution in [3.05, 3.63) is 59.2 Å². The highest BCUT2D eigenvalue weighted by atomic mass is 35.5. The summed E-state index contributed by atoms with van der Waals surface area (Å²) in [6, 6.07) is 16.0. The second-order valence-electron chi connectivity index (χ2n) is 5.58. The summed E-state index contributed by atoms with van der Waals surface area (Å²) in [4.78, 5) is 9.33. The van der Waals surface area contributed by atoms with Crippen molar-refractivity contribution in [2.45, 2.75) is 6.92 Å². The summed E-state index contributed by atoms with van der Waals surface area (Å²) >= 11 is 7.76. The zero-order valence-corrected chi connectivity index (χ0v) is 14.8. The molecule has 4 aromatic rings. The number of rotatable bonds is 3. The van der Waals surface area contributed by atoms with Gasteiger partial charge in [0.25, 0.3) is 0 Å². The van der Waals surface area contributed by atoms with Gasteiger partial charge < -0.3 is 9.72 Å². The molecule has 0 aliphatic rings. The number of ether oxygens (including phenoxy) is 1. The molecular formula is C19H15ClN2OS. The molecule has 1 N–H and O–H groups in total. The van der Waals surface area contributed by atoms with Gasteiger partial charge in [0.05, 0.1) is 23.4 Å². The van der Waals surface area contributed by atoms with Gasteiger partial charge in [-0.2, -0.15) is 0 Å². The standard InChI is InChI=1S/C19H15ClN2OS/c1-11-18(17-10-13-9-14(20)5-8-16(13)22-17)24-19(21-11)12-3-6-15(23-2)7-4-12/h3-10,22H,1-2H3. The number of fused-ring (bicyclic) bond motifs is 1. The predicted octanol–water partition coefficient (Wildman–Crippen LogP) is 5.93. The van der Waals surface area contributed by atoms with Crippen molar-refractivity contribution in [1.82, 2.24) is 9.97 Å². The van der Waals surface area contributed by atoms with Crippen LogP contribution in [0, 0.1) is 6.92 Å². The molecule has 0 amide bonds. The summed E-state index contributed by atoms with van der Waals surface area (Å²) in [5, 5.41) is 2.85. The van der Waals surface area contributed by atoms with Gasteiger partial charge in [0, 0.05) is 21.5 Å². The van der Waals surface area contributed by atoms with Crippen molar-refractivity contribution in [2.75, 3.05) is 7.11 Å². The first-order valence-corrected chi connectivity index (χ1v) is 8.74. The van der Waals surface area contributed by atoms with Crippen LogP contribution in [-0.4, -0.2) is 17.1 Å². The molecule has 0 fully saturated rings. The maximum Gasteiger partial charge on any atom is 0.124 e. The van der Waals surface area contributed by atoms with Gasteiger partial charge in [0.15, 0.2) is 0 Å². The quantitative estimate of drug-likeness (QED) is 0.495. The average molecular weight is 355 g/mol. The third-order valence-electron chi connectivity index (χ3n) is 3.96. The molecule has 0 atom stereocenters. The fourth-order valence-electron chi connectivity index (χ4n) is 2.73. The van der Waals surface area contributed by atoms with Gasteiger partial charge in [-0.3, -0.25) is 0 Å². The predicted molar refractivity (Wildman–Crippen MR) is 101 cm³/mol. The Balaban J connectivity index is 1.76. The minimum absolute atomic E-state index is 0.744. The molecule has 24 heavy (non-hydrogen) atoms. The third kappa shape index (κ3) is 2.68. The molecule has 0 saturated heterocycles. The highest BCUT2D eigenvalue weighted by Crippen LogP contribution is 2.36. The SMILES string of the molecule is COc1ccc(-c2nc(C)c(-c3cc4cc(Cl)ccc4[nH]3)s2)cc1. The number of aromatic nitrogens is 2. The Morgan fingerprint density at radius 2 is 1.88 bits per heavy atom. The van der Waals surface area contributed by atoms with E-state index >= 15 is 0 Å². The molecule has 2 heterocycles. The Morgan fingerprint density at radius 3 is 2.62 bits per heavy atom. The van der Waals surface area contributed by atoms with Crippen molar-refractivity contribution in [2.24, 2.45) is 0 Å². The summed E-state index contributed by atoms with van der Waals surface area (Å²) in [5.41, 5.74) is 4.26. The largest absolute Gasteiger partial charge is 0.497 e. The molecule has 0 aliphatic carbocycles. The lowest BCUT2D eigenvalue weighted by Crippen LogP contribution is -1.82. The summed E-state index contributed by atoms with van der Waals surface area (Å²) in [7, 11) is 1.67. The number of benzene rings is 2. The first-order chi connectivity index (χ1) is 11.6. The zero-order chi connectivity index (χ0) is 16.7. The van der Waals surface area contributed by atoms with Crippen molar-refractivity contribution < 1.29 is 4.74 Å². The monoisotopic (exact) mass is 354 g/mol. The lowest BCUT2D eigenvalue weighted by Gasteiger charge is -1.99. The molecule has 120 valence electrons. The molecule has 0 radical (unpaired) electrons. The van der Waals surface area contributed by atoms with Crippen LogP contribution in [0.5, 0.6) is 5.75 Å². The van der Waals surface area contributed by atoms with E-state index < -0.39 is 0 Å². The van der Waals surface area contributed by atoms with Gasteiger partial charge in [0.2, 0.25) is 0 Å². The fourth-order valence-corrected chi connectivity index (χ4v) is 3.95. The first-order valence-electron chi connectivity index (χ1n) is 7.54. The van der Waals surface area contributed by atoms with Crippen molar-refractivity contribution in [3.63, 3.8) is 0 Å². The van der Waals surface area contributed by atoms with Crippen molar-refractivity contribution in [1.29, 1.82) is 0 Å². The van der Waals surface area contributed by atoms with Crippen LogP contribution in [0.1, 0.15) is 5.69 Å². The van der Waals surface area contributed by atoms with E-state index in [1.807, 2.05) is 49.4 Å². The first kappa shape index (κ1) is 15.2.